The van der Waals surface area contributed by atoms with Crippen LogP contribution >= 0.6 is 0 Å². The van der Waals surface area contributed by atoms with E-state index in [0.717, 1.165) is 51.7 Å². The summed E-state index contributed by atoms with van der Waals surface area (Å²) in [6.45, 7) is 7.60. The van der Waals surface area contributed by atoms with Gasteiger partial charge in [-0.05, 0) is 38.8 Å². The van der Waals surface area contributed by atoms with Gasteiger partial charge in [-0.25, -0.2) is 9.59 Å². The fraction of sp³-hybridized carbons (Fsp3) is 0.895. The van der Waals surface area contributed by atoms with E-state index >= 15 is 0 Å². The minimum Gasteiger partial charge on any atom is -0.479 e. The number of likely N-dealkylation sites (tertiary alicyclic amines) is 1. The second-order valence-corrected chi connectivity index (χ2v) is 6.96. The van der Waals surface area contributed by atoms with Crippen molar-refractivity contribution in [1.82, 2.24) is 4.90 Å². The van der Waals surface area contributed by atoms with Crippen molar-refractivity contribution < 1.29 is 24.2 Å². The molecule has 2 atom stereocenters. The summed E-state index contributed by atoms with van der Waals surface area (Å²) in [5.41, 5.74) is 0. The van der Waals surface area contributed by atoms with Crippen molar-refractivity contribution in [1.29, 1.82) is 0 Å². The Hall–Kier alpha value is -1.30. The number of rotatable bonds is 12. The molecule has 0 aliphatic carbocycles. The molecular weight excluding hydrogens is 322 g/mol. The van der Waals surface area contributed by atoms with Crippen LogP contribution in [0.4, 0.5) is 4.79 Å². The third-order valence-corrected chi connectivity index (χ3v) is 4.82. The molecule has 0 radical (unpaired) electrons. The summed E-state index contributed by atoms with van der Waals surface area (Å²) in [6, 6.07) is 0. The molecule has 1 aliphatic heterocycles. The lowest BCUT2D eigenvalue weighted by molar-refractivity contribution is -0.148. The Balaban J connectivity index is 2.22. The SMILES string of the molecule is CCCCCCCCC(OC(=O)OCC1CCCN(CC)C1)C(=O)O. The molecule has 1 rings (SSSR count). The van der Waals surface area contributed by atoms with Gasteiger partial charge in [0.15, 0.2) is 0 Å². The van der Waals surface area contributed by atoms with Crippen LogP contribution in [-0.2, 0) is 14.3 Å². The molecule has 6 nitrogen and oxygen atoms in total. The lowest BCUT2D eigenvalue weighted by Crippen LogP contribution is -2.37. The van der Waals surface area contributed by atoms with Gasteiger partial charge in [-0.1, -0.05) is 46.0 Å². The van der Waals surface area contributed by atoms with Gasteiger partial charge in [0.25, 0.3) is 0 Å². The van der Waals surface area contributed by atoms with Crippen LogP contribution in [-0.4, -0.2) is 54.5 Å². The maximum Gasteiger partial charge on any atom is 0.509 e. The van der Waals surface area contributed by atoms with Crippen LogP contribution in [0.1, 0.15) is 71.6 Å². The van der Waals surface area contributed by atoms with Gasteiger partial charge in [0, 0.05) is 12.5 Å². The highest BCUT2D eigenvalue weighted by Crippen LogP contribution is 2.17. The quantitative estimate of drug-likeness (QED) is 0.419. The Morgan fingerprint density at radius 2 is 1.88 bits per heavy atom. The minimum atomic E-state index is -1.10. The third kappa shape index (κ3) is 9.68. The summed E-state index contributed by atoms with van der Waals surface area (Å²) in [5.74, 6) is -0.788. The highest BCUT2D eigenvalue weighted by atomic mass is 16.7. The summed E-state index contributed by atoms with van der Waals surface area (Å²) in [7, 11) is 0. The lowest BCUT2D eigenvalue weighted by atomic mass is 9.99. The van der Waals surface area contributed by atoms with Crippen molar-refractivity contribution >= 4 is 12.1 Å². The second-order valence-electron chi connectivity index (χ2n) is 6.96. The number of carboxylic acids is 1. The molecular formula is C19H35NO5. The maximum absolute atomic E-state index is 11.8. The molecule has 0 saturated carbocycles. The van der Waals surface area contributed by atoms with Crippen LogP contribution in [0.3, 0.4) is 0 Å². The summed E-state index contributed by atoms with van der Waals surface area (Å²) < 4.78 is 10.2. The van der Waals surface area contributed by atoms with Crippen molar-refractivity contribution in [2.24, 2.45) is 5.92 Å². The molecule has 0 spiro atoms. The fourth-order valence-electron chi connectivity index (χ4n) is 3.25. The van der Waals surface area contributed by atoms with Gasteiger partial charge in [0.05, 0.1) is 6.61 Å². The molecule has 0 bridgehead atoms. The number of carbonyl (C=O) groups is 2. The van der Waals surface area contributed by atoms with E-state index in [1.54, 1.807) is 0 Å². The topological polar surface area (TPSA) is 76.1 Å². The smallest absolute Gasteiger partial charge is 0.479 e. The average Bonchev–Trinajstić information content (AvgIpc) is 2.61. The van der Waals surface area contributed by atoms with Crippen molar-refractivity contribution in [3.63, 3.8) is 0 Å². The van der Waals surface area contributed by atoms with Crippen LogP contribution < -0.4 is 0 Å². The zero-order valence-electron chi connectivity index (χ0n) is 15.9. The molecule has 1 fully saturated rings. The molecule has 0 aromatic rings. The Kier molecular flexibility index (Phi) is 11.3. The van der Waals surface area contributed by atoms with Crippen LogP contribution in [0.15, 0.2) is 0 Å². The first-order chi connectivity index (χ1) is 12.1. The van der Waals surface area contributed by atoms with E-state index in [1.807, 2.05) is 0 Å². The van der Waals surface area contributed by atoms with Crippen LogP contribution in [0.2, 0.25) is 0 Å². The first kappa shape index (κ1) is 21.7. The first-order valence-corrected chi connectivity index (χ1v) is 9.85. The zero-order chi connectivity index (χ0) is 18.5. The number of hydrogen-bond donors (Lipinski definition) is 1. The molecule has 6 heteroatoms. The maximum atomic E-state index is 11.8. The lowest BCUT2D eigenvalue weighted by Gasteiger charge is -2.31. The van der Waals surface area contributed by atoms with E-state index in [2.05, 4.69) is 18.7 Å². The highest BCUT2D eigenvalue weighted by molar-refractivity contribution is 5.75. The number of aliphatic carboxylic acids is 1. The molecule has 0 aromatic heterocycles. The van der Waals surface area contributed by atoms with Crippen molar-refractivity contribution in [3.05, 3.63) is 0 Å². The van der Waals surface area contributed by atoms with E-state index in [-0.39, 0.29) is 0 Å². The second kappa shape index (κ2) is 13.0. The van der Waals surface area contributed by atoms with E-state index in [9.17, 15) is 14.7 Å². The Morgan fingerprint density at radius 3 is 2.56 bits per heavy atom. The van der Waals surface area contributed by atoms with Gasteiger partial charge < -0.3 is 19.5 Å². The van der Waals surface area contributed by atoms with E-state index in [4.69, 9.17) is 9.47 Å². The summed E-state index contributed by atoms with van der Waals surface area (Å²) in [6.07, 6.45) is 6.92. The molecule has 0 amide bonds. The van der Waals surface area contributed by atoms with Gasteiger partial charge >= 0.3 is 12.1 Å². The van der Waals surface area contributed by atoms with Gasteiger partial charge in [-0.3, -0.25) is 0 Å². The van der Waals surface area contributed by atoms with Crippen LogP contribution in [0.25, 0.3) is 0 Å². The number of carbonyl (C=O) groups excluding carboxylic acids is 1. The zero-order valence-corrected chi connectivity index (χ0v) is 15.9. The number of unbranched alkanes of at least 4 members (excludes halogenated alkanes) is 5. The number of piperidine rings is 1. The molecule has 1 saturated heterocycles. The van der Waals surface area contributed by atoms with Crippen molar-refractivity contribution in [2.75, 3.05) is 26.2 Å². The number of carboxylic acid groups (broad SMARTS) is 1. The summed E-state index contributed by atoms with van der Waals surface area (Å²) >= 11 is 0. The van der Waals surface area contributed by atoms with E-state index < -0.39 is 18.2 Å². The number of ether oxygens (including phenoxy) is 2. The Labute approximate surface area is 151 Å². The molecule has 146 valence electrons. The minimum absolute atomic E-state index is 0.304. The number of nitrogens with zero attached hydrogens (tertiary/aromatic N) is 1. The summed E-state index contributed by atoms with van der Waals surface area (Å²) in [5, 5.41) is 9.21. The Morgan fingerprint density at radius 1 is 1.16 bits per heavy atom. The normalized spacial score (nSPS) is 19.4. The molecule has 1 N–H and O–H groups in total. The molecule has 0 aromatic carbocycles. The van der Waals surface area contributed by atoms with Crippen LogP contribution in [0, 0.1) is 5.92 Å². The predicted octanol–water partition coefficient (Wildman–Crippen LogP) is 4.08. The van der Waals surface area contributed by atoms with Crippen molar-refractivity contribution in [3.8, 4) is 0 Å². The van der Waals surface area contributed by atoms with Gasteiger partial charge in [0.2, 0.25) is 6.10 Å². The fourth-order valence-corrected chi connectivity index (χ4v) is 3.25. The summed E-state index contributed by atoms with van der Waals surface area (Å²) in [4.78, 5) is 25.4. The predicted molar refractivity (Wildman–Crippen MR) is 96.7 cm³/mol. The highest BCUT2D eigenvalue weighted by Gasteiger charge is 2.24. The third-order valence-electron chi connectivity index (χ3n) is 4.82. The monoisotopic (exact) mass is 357 g/mol. The largest absolute Gasteiger partial charge is 0.509 e. The van der Waals surface area contributed by atoms with Crippen LogP contribution in [0.5, 0.6) is 0 Å². The van der Waals surface area contributed by atoms with E-state index in [0.29, 0.717) is 18.9 Å². The Bertz CT molecular complexity index is 388. The molecule has 25 heavy (non-hydrogen) atoms. The van der Waals surface area contributed by atoms with Crippen molar-refractivity contribution in [2.45, 2.75) is 77.7 Å². The standard InChI is InChI=1S/C19H35NO5/c1-3-5-6-7-8-9-12-17(18(21)22)25-19(23)24-15-16-11-10-13-20(4-2)14-16/h16-17H,3-15H2,1-2H3,(H,21,22). The first-order valence-electron chi connectivity index (χ1n) is 9.85. The molecule has 2 unspecified atom stereocenters. The molecule has 1 aliphatic rings. The average molecular weight is 357 g/mol. The number of hydrogen-bond acceptors (Lipinski definition) is 5. The van der Waals surface area contributed by atoms with E-state index in [1.165, 1.54) is 19.3 Å². The molecule has 1 heterocycles. The van der Waals surface area contributed by atoms with Gasteiger partial charge in [-0.15, -0.1) is 0 Å². The van der Waals surface area contributed by atoms with Gasteiger partial charge in [-0.2, -0.15) is 0 Å². The van der Waals surface area contributed by atoms with Gasteiger partial charge in [0.1, 0.15) is 0 Å².